The van der Waals surface area contributed by atoms with Crippen molar-refractivity contribution in [3.63, 3.8) is 0 Å². The summed E-state index contributed by atoms with van der Waals surface area (Å²) in [5.74, 6) is 0.281. The number of H-pyrrole nitrogens is 1. The molecule has 0 saturated carbocycles. The van der Waals surface area contributed by atoms with E-state index in [1.165, 1.54) is 0 Å². The maximum absolute atomic E-state index is 13.4. The van der Waals surface area contributed by atoms with Crippen molar-refractivity contribution in [1.82, 2.24) is 30.4 Å². The van der Waals surface area contributed by atoms with E-state index in [9.17, 15) is 9.90 Å². The van der Waals surface area contributed by atoms with Crippen molar-refractivity contribution in [1.29, 1.82) is 0 Å². The van der Waals surface area contributed by atoms with Crippen LogP contribution in [0.15, 0.2) is 54.6 Å². The van der Waals surface area contributed by atoms with Gasteiger partial charge in [0.05, 0.1) is 11.6 Å². The Morgan fingerprint density at radius 2 is 1.84 bits per heavy atom. The van der Waals surface area contributed by atoms with Gasteiger partial charge in [0.2, 0.25) is 5.82 Å². The molecule has 0 radical (unpaired) electrons. The predicted octanol–water partition coefficient (Wildman–Crippen LogP) is 1.23. The van der Waals surface area contributed by atoms with Gasteiger partial charge >= 0.3 is 0 Å². The number of aromatic amines is 1. The van der Waals surface area contributed by atoms with Crippen molar-refractivity contribution in [2.24, 2.45) is 0 Å². The Kier molecular flexibility index (Phi) is 7.29. The Bertz CT molecular complexity index is 1030. The summed E-state index contributed by atoms with van der Waals surface area (Å²) < 4.78 is 0. The molecule has 3 N–H and O–H groups in total. The number of benzene rings is 2. The normalized spacial score (nSPS) is 20.4. The molecule has 1 aliphatic heterocycles. The minimum absolute atomic E-state index is 0.104. The first-order valence-electron chi connectivity index (χ1n) is 10.1. The number of piperidine rings is 1. The van der Waals surface area contributed by atoms with Crippen LogP contribution in [0.4, 0.5) is 0 Å². The topological polar surface area (TPSA) is 136 Å². The highest BCUT2D eigenvalue weighted by atomic mass is 16.3. The molecule has 1 fully saturated rings. The fourth-order valence-electron chi connectivity index (χ4n) is 4.07. The number of rotatable bonds is 4. The predicted molar refractivity (Wildman–Crippen MR) is 117 cm³/mol. The van der Waals surface area contributed by atoms with E-state index in [4.69, 9.17) is 9.90 Å². The molecule has 0 spiro atoms. The summed E-state index contributed by atoms with van der Waals surface area (Å²) in [5.41, 5.74) is 1.01. The molecule has 1 aliphatic rings. The minimum atomic E-state index is -1.02. The standard InChI is InChI=1S/C21H24N6O2.CH2O2/c1-26(2)18-14-27(13-12-21(18,29)15-8-4-3-5-9-15)20(28)17-11-7-6-10-16(17)19-22-24-25-23-19;2-1-3/h3-11,18,29H,12-14H2,1-2H3,(H,22,23,24,25);1H,(H,2,3)/t18-,21+;/m1./s1. The molecule has 4 rings (SSSR count). The molecule has 10 heteroatoms. The van der Waals surface area contributed by atoms with Crippen LogP contribution in [-0.2, 0) is 10.4 Å². The number of tetrazole rings is 1. The first-order valence-corrected chi connectivity index (χ1v) is 10.1. The van der Waals surface area contributed by atoms with Crippen LogP contribution >= 0.6 is 0 Å². The molecule has 0 bridgehead atoms. The summed E-state index contributed by atoms with van der Waals surface area (Å²) in [4.78, 5) is 25.5. The molecule has 2 aromatic carbocycles. The van der Waals surface area contributed by atoms with Crippen LogP contribution in [0.2, 0.25) is 0 Å². The smallest absolute Gasteiger partial charge is 0.290 e. The zero-order chi connectivity index (χ0) is 23.1. The number of carboxylic acid groups (broad SMARTS) is 1. The Hall–Kier alpha value is -3.63. The number of aliphatic hydroxyl groups is 1. The zero-order valence-electron chi connectivity index (χ0n) is 17.9. The first kappa shape index (κ1) is 23.0. The molecule has 10 nitrogen and oxygen atoms in total. The second kappa shape index (κ2) is 10.1. The van der Waals surface area contributed by atoms with Gasteiger partial charge in [-0.2, -0.15) is 5.21 Å². The Morgan fingerprint density at radius 1 is 1.19 bits per heavy atom. The summed E-state index contributed by atoms with van der Waals surface area (Å²) >= 11 is 0. The van der Waals surface area contributed by atoms with Crippen LogP contribution in [0.1, 0.15) is 22.3 Å². The van der Waals surface area contributed by atoms with Gasteiger partial charge in [0, 0.05) is 18.7 Å². The third-order valence-corrected chi connectivity index (χ3v) is 5.64. The average molecular weight is 438 g/mol. The molecular weight excluding hydrogens is 412 g/mol. The quantitative estimate of drug-likeness (QED) is 0.518. The third kappa shape index (κ3) is 4.66. The minimum Gasteiger partial charge on any atom is -0.483 e. The second-order valence-electron chi connectivity index (χ2n) is 7.66. The van der Waals surface area contributed by atoms with Crippen LogP contribution in [0.3, 0.4) is 0 Å². The number of hydrogen-bond donors (Lipinski definition) is 3. The van der Waals surface area contributed by atoms with Crippen molar-refractivity contribution in [3.8, 4) is 11.4 Å². The molecule has 32 heavy (non-hydrogen) atoms. The van der Waals surface area contributed by atoms with Gasteiger partial charge in [0.25, 0.3) is 12.4 Å². The molecule has 2 atom stereocenters. The highest BCUT2D eigenvalue weighted by molar-refractivity contribution is 6.00. The van der Waals surface area contributed by atoms with E-state index in [-0.39, 0.29) is 18.4 Å². The Balaban J connectivity index is 0.000000913. The lowest BCUT2D eigenvalue weighted by Crippen LogP contribution is -2.60. The highest BCUT2D eigenvalue weighted by Crippen LogP contribution is 2.36. The zero-order valence-corrected chi connectivity index (χ0v) is 17.9. The van der Waals surface area contributed by atoms with Crippen molar-refractivity contribution in [2.45, 2.75) is 18.1 Å². The number of amides is 1. The molecular formula is C22H26N6O4. The van der Waals surface area contributed by atoms with Crippen LogP contribution in [0.25, 0.3) is 11.4 Å². The van der Waals surface area contributed by atoms with Crippen molar-refractivity contribution < 1.29 is 19.8 Å². The van der Waals surface area contributed by atoms with Crippen LogP contribution in [0.5, 0.6) is 0 Å². The maximum Gasteiger partial charge on any atom is 0.290 e. The van der Waals surface area contributed by atoms with E-state index in [0.717, 1.165) is 5.56 Å². The number of likely N-dealkylation sites (tertiary alicyclic amines) is 1. The number of likely N-dealkylation sites (N-methyl/N-ethyl adjacent to an activating group) is 1. The summed E-state index contributed by atoms with van der Waals surface area (Å²) in [6, 6.07) is 16.7. The number of carbonyl (C=O) groups excluding carboxylic acids is 1. The maximum atomic E-state index is 13.4. The third-order valence-electron chi connectivity index (χ3n) is 5.64. The molecule has 1 saturated heterocycles. The summed E-state index contributed by atoms with van der Waals surface area (Å²) in [5, 5.41) is 32.5. The summed E-state index contributed by atoms with van der Waals surface area (Å²) in [6.45, 7) is 0.618. The van der Waals surface area contributed by atoms with Gasteiger partial charge in [-0.25, -0.2) is 0 Å². The van der Waals surface area contributed by atoms with Crippen molar-refractivity contribution >= 4 is 12.4 Å². The van der Waals surface area contributed by atoms with Gasteiger partial charge < -0.3 is 20.0 Å². The van der Waals surface area contributed by atoms with E-state index >= 15 is 0 Å². The average Bonchev–Trinajstić information content (AvgIpc) is 3.35. The number of nitrogens with zero attached hydrogens (tertiary/aromatic N) is 5. The number of aromatic nitrogens is 4. The van der Waals surface area contributed by atoms with Crippen LogP contribution in [0, 0.1) is 0 Å². The molecule has 1 amide bonds. The Morgan fingerprint density at radius 3 is 2.47 bits per heavy atom. The molecule has 2 heterocycles. The van der Waals surface area contributed by atoms with Crippen molar-refractivity contribution in [3.05, 3.63) is 65.7 Å². The van der Waals surface area contributed by atoms with Gasteiger partial charge in [-0.15, -0.1) is 10.2 Å². The lowest BCUT2D eigenvalue weighted by Gasteiger charge is -2.47. The number of carbonyl (C=O) groups is 2. The van der Waals surface area contributed by atoms with E-state index in [1.54, 1.807) is 11.0 Å². The summed E-state index contributed by atoms with van der Waals surface area (Å²) in [6.07, 6.45) is 0.454. The fraction of sp³-hybridized carbons (Fsp3) is 0.318. The van der Waals surface area contributed by atoms with E-state index in [2.05, 4.69) is 20.6 Å². The second-order valence-corrected chi connectivity index (χ2v) is 7.66. The van der Waals surface area contributed by atoms with Gasteiger partial charge in [0.15, 0.2) is 0 Å². The molecule has 1 aromatic heterocycles. The van der Waals surface area contributed by atoms with Gasteiger partial charge in [0.1, 0.15) is 5.60 Å². The van der Waals surface area contributed by atoms with Gasteiger partial charge in [-0.1, -0.05) is 48.5 Å². The van der Waals surface area contributed by atoms with Gasteiger partial charge in [-0.3, -0.25) is 9.59 Å². The van der Waals surface area contributed by atoms with E-state index in [1.807, 2.05) is 67.5 Å². The SMILES string of the molecule is CN(C)[C@@H]1CN(C(=O)c2ccccc2-c2nn[nH]n2)CC[C@]1(O)c1ccccc1.O=CO. The number of nitrogens with one attached hydrogen (secondary N) is 1. The highest BCUT2D eigenvalue weighted by Gasteiger charge is 2.45. The monoisotopic (exact) mass is 438 g/mol. The van der Waals surface area contributed by atoms with Gasteiger partial charge in [-0.05, 0) is 37.4 Å². The Labute approximate surface area is 185 Å². The first-order chi connectivity index (χ1) is 15.4. The molecule has 3 aromatic rings. The number of hydrogen-bond acceptors (Lipinski definition) is 7. The summed E-state index contributed by atoms with van der Waals surface area (Å²) in [7, 11) is 3.86. The molecule has 0 unspecified atom stereocenters. The lowest BCUT2D eigenvalue weighted by atomic mass is 9.79. The van der Waals surface area contributed by atoms with Crippen molar-refractivity contribution in [2.75, 3.05) is 27.2 Å². The van der Waals surface area contributed by atoms with Crippen LogP contribution in [-0.4, -0.2) is 86.2 Å². The molecule has 0 aliphatic carbocycles. The van der Waals surface area contributed by atoms with E-state index in [0.29, 0.717) is 36.5 Å². The fourth-order valence-corrected chi connectivity index (χ4v) is 4.07. The van der Waals surface area contributed by atoms with Crippen LogP contribution < -0.4 is 0 Å². The molecule has 168 valence electrons. The van der Waals surface area contributed by atoms with E-state index < -0.39 is 5.60 Å². The lowest BCUT2D eigenvalue weighted by molar-refractivity contribution is -0.122. The largest absolute Gasteiger partial charge is 0.483 e.